The van der Waals surface area contributed by atoms with Gasteiger partial charge < -0.3 is 9.47 Å². The molecular weight excluding hydrogens is 172 g/mol. The molecule has 0 radical (unpaired) electrons. The predicted octanol–water partition coefficient (Wildman–Crippen LogP) is 0.544. The molecule has 74 valence electrons. The van der Waals surface area contributed by atoms with Crippen LogP contribution in [0.25, 0.3) is 0 Å². The molecule has 0 aromatic heterocycles. The third-order valence-corrected chi connectivity index (χ3v) is 2.38. The van der Waals surface area contributed by atoms with Gasteiger partial charge in [-0.05, 0) is 12.8 Å². The van der Waals surface area contributed by atoms with Crippen molar-refractivity contribution in [3.05, 3.63) is 0 Å². The average molecular weight is 186 g/mol. The quantitative estimate of drug-likeness (QED) is 0.591. The Morgan fingerprint density at radius 2 is 2.15 bits per heavy atom. The minimum atomic E-state index is -0.596. The molecule has 4 heteroatoms. The van der Waals surface area contributed by atoms with E-state index in [0.717, 1.165) is 6.42 Å². The van der Waals surface area contributed by atoms with Gasteiger partial charge in [0.25, 0.3) is 0 Å². The minimum absolute atomic E-state index is 0.00384. The van der Waals surface area contributed by atoms with Gasteiger partial charge in [-0.1, -0.05) is 0 Å². The van der Waals surface area contributed by atoms with Gasteiger partial charge in [0.2, 0.25) is 0 Å². The van der Waals surface area contributed by atoms with Gasteiger partial charge in [0.1, 0.15) is 6.10 Å². The molecular formula is C9H14O4. The van der Waals surface area contributed by atoms with Crippen LogP contribution in [-0.2, 0) is 19.1 Å². The Kier molecular flexibility index (Phi) is 3.42. The second-order valence-electron chi connectivity index (χ2n) is 3.14. The average Bonchev–Trinajstić information content (AvgIpc) is 2.16. The maximum absolute atomic E-state index is 11.3. The zero-order valence-electron chi connectivity index (χ0n) is 7.91. The van der Waals surface area contributed by atoms with Gasteiger partial charge in [0.05, 0.1) is 13.0 Å². The van der Waals surface area contributed by atoms with E-state index in [9.17, 15) is 9.59 Å². The first-order valence-electron chi connectivity index (χ1n) is 4.34. The van der Waals surface area contributed by atoms with Gasteiger partial charge >= 0.3 is 5.97 Å². The van der Waals surface area contributed by atoms with Crippen molar-refractivity contribution in [2.45, 2.75) is 25.4 Å². The molecule has 2 atom stereocenters. The summed E-state index contributed by atoms with van der Waals surface area (Å²) in [5.41, 5.74) is 0. The number of ketones is 1. The fraction of sp³-hybridized carbons (Fsp3) is 0.778. The van der Waals surface area contributed by atoms with Crippen molar-refractivity contribution in [3.8, 4) is 0 Å². The smallest absolute Gasteiger partial charge is 0.311 e. The molecule has 0 unspecified atom stereocenters. The Morgan fingerprint density at radius 1 is 1.46 bits per heavy atom. The van der Waals surface area contributed by atoms with E-state index in [2.05, 4.69) is 4.74 Å². The highest BCUT2D eigenvalue weighted by Crippen LogP contribution is 2.24. The monoisotopic (exact) mass is 186 g/mol. The fourth-order valence-corrected chi connectivity index (χ4v) is 1.70. The third-order valence-electron chi connectivity index (χ3n) is 2.38. The van der Waals surface area contributed by atoms with Crippen molar-refractivity contribution in [1.29, 1.82) is 0 Å². The molecule has 0 heterocycles. The first kappa shape index (κ1) is 10.2. The van der Waals surface area contributed by atoms with Crippen LogP contribution in [0.3, 0.4) is 0 Å². The highest BCUT2D eigenvalue weighted by molar-refractivity contribution is 5.89. The van der Waals surface area contributed by atoms with Crippen molar-refractivity contribution in [2.24, 2.45) is 5.92 Å². The summed E-state index contributed by atoms with van der Waals surface area (Å²) in [7, 11) is 2.78. The number of carbonyl (C=O) groups excluding carboxylic acids is 2. The summed E-state index contributed by atoms with van der Waals surface area (Å²) < 4.78 is 9.59. The van der Waals surface area contributed by atoms with Crippen LogP contribution < -0.4 is 0 Å². The first-order valence-corrected chi connectivity index (χ1v) is 4.34. The van der Waals surface area contributed by atoms with Crippen molar-refractivity contribution < 1.29 is 19.1 Å². The van der Waals surface area contributed by atoms with Crippen molar-refractivity contribution in [1.82, 2.24) is 0 Å². The maximum atomic E-state index is 11.3. The Balaban J connectivity index is 2.70. The van der Waals surface area contributed by atoms with Gasteiger partial charge in [-0.3, -0.25) is 9.59 Å². The molecule has 0 bridgehead atoms. The van der Waals surface area contributed by atoms with E-state index in [1.807, 2.05) is 0 Å². The molecule has 13 heavy (non-hydrogen) atoms. The third kappa shape index (κ3) is 2.06. The van der Waals surface area contributed by atoms with Crippen LogP contribution in [0.1, 0.15) is 19.3 Å². The largest absolute Gasteiger partial charge is 0.469 e. The first-order chi connectivity index (χ1) is 6.20. The molecule has 1 fully saturated rings. The number of hydrogen-bond acceptors (Lipinski definition) is 4. The van der Waals surface area contributed by atoms with Crippen molar-refractivity contribution in [2.75, 3.05) is 14.2 Å². The summed E-state index contributed by atoms with van der Waals surface area (Å²) in [4.78, 5) is 22.6. The summed E-state index contributed by atoms with van der Waals surface area (Å²) in [5.74, 6) is -0.750. The highest BCUT2D eigenvalue weighted by atomic mass is 16.5. The van der Waals surface area contributed by atoms with Gasteiger partial charge in [-0.2, -0.15) is 0 Å². The number of rotatable bonds is 2. The normalized spacial score (nSPS) is 28.6. The Bertz CT molecular complexity index is 212. The topological polar surface area (TPSA) is 52.6 Å². The van der Waals surface area contributed by atoms with E-state index < -0.39 is 12.0 Å². The molecule has 1 aliphatic carbocycles. The zero-order chi connectivity index (χ0) is 9.84. The zero-order valence-corrected chi connectivity index (χ0v) is 7.91. The summed E-state index contributed by atoms with van der Waals surface area (Å²) in [6.45, 7) is 0. The van der Waals surface area contributed by atoms with Crippen LogP contribution in [-0.4, -0.2) is 32.1 Å². The lowest BCUT2D eigenvalue weighted by molar-refractivity contribution is -0.157. The maximum Gasteiger partial charge on any atom is 0.311 e. The predicted molar refractivity (Wildman–Crippen MR) is 45.2 cm³/mol. The summed E-state index contributed by atoms with van der Waals surface area (Å²) in [6, 6.07) is 0. The van der Waals surface area contributed by atoms with E-state index in [0.29, 0.717) is 12.8 Å². The fourth-order valence-electron chi connectivity index (χ4n) is 1.70. The molecule has 0 aromatic rings. The summed E-state index contributed by atoms with van der Waals surface area (Å²) in [6.07, 6.45) is 1.34. The SMILES string of the molecule is COC(=O)[C@H]1CCCC(=O)[C@H]1OC. The summed E-state index contributed by atoms with van der Waals surface area (Å²) >= 11 is 0. The van der Waals surface area contributed by atoms with E-state index in [1.165, 1.54) is 14.2 Å². The molecule has 0 N–H and O–H groups in total. The molecule has 0 aliphatic heterocycles. The second kappa shape index (κ2) is 4.37. The van der Waals surface area contributed by atoms with E-state index in [1.54, 1.807) is 0 Å². The molecule has 1 aliphatic rings. The molecule has 0 spiro atoms. The van der Waals surface area contributed by atoms with E-state index >= 15 is 0 Å². The number of carbonyl (C=O) groups is 2. The van der Waals surface area contributed by atoms with E-state index in [4.69, 9.17) is 4.74 Å². The van der Waals surface area contributed by atoms with E-state index in [-0.39, 0.29) is 11.8 Å². The molecule has 0 saturated heterocycles. The van der Waals surface area contributed by atoms with Gasteiger partial charge in [0, 0.05) is 13.5 Å². The standard InChI is InChI=1S/C9H14O4/c1-12-8-6(9(11)13-2)4-3-5-7(8)10/h6,8H,3-5H2,1-2H3/t6-,8-/m0/s1. The highest BCUT2D eigenvalue weighted by Gasteiger charge is 2.37. The number of esters is 1. The van der Waals surface area contributed by atoms with Gasteiger partial charge in [-0.25, -0.2) is 0 Å². The Labute approximate surface area is 77.2 Å². The molecule has 1 saturated carbocycles. The lowest BCUT2D eigenvalue weighted by atomic mass is 9.85. The number of methoxy groups -OCH3 is 2. The minimum Gasteiger partial charge on any atom is -0.469 e. The van der Waals surface area contributed by atoms with Crippen LogP contribution in [0.5, 0.6) is 0 Å². The molecule has 4 nitrogen and oxygen atoms in total. The van der Waals surface area contributed by atoms with Crippen LogP contribution in [0.4, 0.5) is 0 Å². The number of ether oxygens (including phenoxy) is 2. The van der Waals surface area contributed by atoms with Crippen LogP contribution in [0, 0.1) is 5.92 Å². The Morgan fingerprint density at radius 3 is 2.69 bits per heavy atom. The lowest BCUT2D eigenvalue weighted by Crippen LogP contribution is -2.40. The number of hydrogen-bond donors (Lipinski definition) is 0. The van der Waals surface area contributed by atoms with Gasteiger partial charge in [-0.15, -0.1) is 0 Å². The molecule has 0 aromatic carbocycles. The van der Waals surface area contributed by atoms with Gasteiger partial charge in [0.15, 0.2) is 5.78 Å². The van der Waals surface area contributed by atoms with Crippen LogP contribution in [0.15, 0.2) is 0 Å². The molecule has 1 rings (SSSR count). The van der Waals surface area contributed by atoms with Crippen LogP contribution in [0.2, 0.25) is 0 Å². The number of Topliss-reactive ketones (excluding diaryl/α,β-unsaturated/α-hetero) is 1. The second-order valence-corrected chi connectivity index (χ2v) is 3.14. The van der Waals surface area contributed by atoms with Crippen molar-refractivity contribution in [3.63, 3.8) is 0 Å². The summed E-state index contributed by atoms with van der Waals surface area (Å²) in [5, 5.41) is 0. The Hall–Kier alpha value is -0.900. The van der Waals surface area contributed by atoms with Crippen molar-refractivity contribution >= 4 is 11.8 Å². The molecule has 0 amide bonds. The lowest BCUT2D eigenvalue weighted by Gasteiger charge is -2.26. The van der Waals surface area contributed by atoms with Crippen LogP contribution >= 0.6 is 0 Å².